The molecule has 0 unspecified atom stereocenters. The van der Waals surface area contributed by atoms with Gasteiger partial charge in [0.1, 0.15) is 0 Å². The van der Waals surface area contributed by atoms with Gasteiger partial charge in [0.25, 0.3) is 0 Å². The van der Waals surface area contributed by atoms with Crippen molar-refractivity contribution in [2.24, 2.45) is 0 Å². The minimum absolute atomic E-state index is 0.0782. The van der Waals surface area contributed by atoms with Gasteiger partial charge in [0.15, 0.2) is 0 Å². The molecule has 0 heterocycles. The van der Waals surface area contributed by atoms with Crippen LogP contribution in [0.3, 0.4) is 0 Å². The highest BCUT2D eigenvalue weighted by atomic mass is 79.9. The fourth-order valence-corrected chi connectivity index (χ4v) is 1.94. The zero-order valence-electron chi connectivity index (χ0n) is 10.1. The van der Waals surface area contributed by atoms with Crippen molar-refractivity contribution in [1.29, 1.82) is 0 Å². The van der Waals surface area contributed by atoms with E-state index in [0.717, 1.165) is 30.3 Å². The third-order valence-corrected chi connectivity index (χ3v) is 3.23. The summed E-state index contributed by atoms with van der Waals surface area (Å²) in [5, 5.41) is 5.67. The minimum Gasteiger partial charge on any atom is -0.338 e. The van der Waals surface area contributed by atoms with Gasteiger partial charge < -0.3 is 10.6 Å². The van der Waals surface area contributed by atoms with Crippen LogP contribution in [-0.4, -0.2) is 19.1 Å². The third kappa shape index (κ3) is 5.73. The first-order valence-electron chi connectivity index (χ1n) is 5.99. The highest BCUT2D eigenvalue weighted by Gasteiger charge is 2.00. The molecule has 0 aliphatic heterocycles. The number of unbranched alkanes of at least 4 members (excludes halogenated alkanes) is 1. The Labute approximate surface area is 111 Å². The molecule has 1 rings (SSSR count). The second-order valence-corrected chi connectivity index (χ2v) is 4.73. The van der Waals surface area contributed by atoms with Crippen molar-refractivity contribution in [3.8, 4) is 0 Å². The lowest BCUT2D eigenvalue weighted by Gasteiger charge is -2.08. The highest BCUT2D eigenvalue weighted by Crippen LogP contribution is 2.15. The number of rotatable bonds is 6. The number of amides is 2. The van der Waals surface area contributed by atoms with Gasteiger partial charge >= 0.3 is 6.03 Å². The molecule has 0 spiro atoms. The maximum Gasteiger partial charge on any atom is 0.314 e. The van der Waals surface area contributed by atoms with E-state index >= 15 is 0 Å². The normalized spacial score (nSPS) is 10.0. The number of hydrogen-bond acceptors (Lipinski definition) is 1. The Balaban J connectivity index is 2.19. The van der Waals surface area contributed by atoms with E-state index in [1.54, 1.807) is 0 Å². The van der Waals surface area contributed by atoms with Crippen molar-refractivity contribution in [1.82, 2.24) is 10.6 Å². The maximum absolute atomic E-state index is 11.4. The van der Waals surface area contributed by atoms with Crippen LogP contribution in [0, 0.1) is 0 Å². The van der Waals surface area contributed by atoms with Gasteiger partial charge in [-0.15, -0.1) is 0 Å². The van der Waals surface area contributed by atoms with Gasteiger partial charge in [0.2, 0.25) is 0 Å². The van der Waals surface area contributed by atoms with E-state index in [-0.39, 0.29) is 6.03 Å². The molecule has 0 aromatic heterocycles. The zero-order chi connectivity index (χ0) is 12.5. The summed E-state index contributed by atoms with van der Waals surface area (Å²) >= 11 is 3.49. The van der Waals surface area contributed by atoms with Gasteiger partial charge in [0, 0.05) is 17.6 Å². The SMILES string of the molecule is CCCCNC(=O)NCCc1ccccc1Br. The Morgan fingerprint density at radius 3 is 2.65 bits per heavy atom. The van der Waals surface area contributed by atoms with Crippen molar-refractivity contribution in [3.63, 3.8) is 0 Å². The fraction of sp³-hybridized carbons (Fsp3) is 0.462. The topological polar surface area (TPSA) is 41.1 Å². The molecule has 0 atom stereocenters. The van der Waals surface area contributed by atoms with Crippen molar-refractivity contribution in [3.05, 3.63) is 34.3 Å². The lowest BCUT2D eigenvalue weighted by Crippen LogP contribution is -2.37. The van der Waals surface area contributed by atoms with Gasteiger partial charge in [0.05, 0.1) is 0 Å². The van der Waals surface area contributed by atoms with Crippen LogP contribution in [0.25, 0.3) is 0 Å². The molecule has 17 heavy (non-hydrogen) atoms. The second kappa shape index (κ2) is 8.12. The minimum atomic E-state index is -0.0782. The van der Waals surface area contributed by atoms with E-state index in [1.165, 1.54) is 5.56 Å². The summed E-state index contributed by atoms with van der Waals surface area (Å²) in [5.74, 6) is 0. The molecule has 2 amide bonds. The smallest absolute Gasteiger partial charge is 0.314 e. The molecular formula is C13H19BrN2O. The van der Waals surface area contributed by atoms with Crippen LogP contribution in [0.15, 0.2) is 28.7 Å². The molecule has 0 saturated carbocycles. The molecule has 1 aromatic carbocycles. The standard InChI is InChI=1S/C13H19BrN2O/c1-2-3-9-15-13(17)16-10-8-11-6-4-5-7-12(11)14/h4-7H,2-3,8-10H2,1H3,(H2,15,16,17). The zero-order valence-corrected chi connectivity index (χ0v) is 11.7. The maximum atomic E-state index is 11.4. The molecule has 3 nitrogen and oxygen atoms in total. The third-order valence-electron chi connectivity index (χ3n) is 2.45. The van der Waals surface area contributed by atoms with Crippen LogP contribution in [-0.2, 0) is 6.42 Å². The molecule has 0 aliphatic carbocycles. The van der Waals surface area contributed by atoms with E-state index in [0.29, 0.717) is 6.54 Å². The van der Waals surface area contributed by atoms with Gasteiger partial charge in [-0.2, -0.15) is 0 Å². The van der Waals surface area contributed by atoms with Gasteiger partial charge in [-0.05, 0) is 24.5 Å². The molecule has 0 radical (unpaired) electrons. The number of hydrogen-bond donors (Lipinski definition) is 2. The molecule has 0 saturated heterocycles. The Bertz CT molecular complexity index is 355. The molecule has 0 aliphatic rings. The molecule has 4 heteroatoms. The number of nitrogens with one attached hydrogen (secondary N) is 2. The Morgan fingerprint density at radius 2 is 1.94 bits per heavy atom. The molecule has 2 N–H and O–H groups in total. The average molecular weight is 299 g/mol. The first-order valence-corrected chi connectivity index (χ1v) is 6.78. The van der Waals surface area contributed by atoms with E-state index in [2.05, 4.69) is 39.6 Å². The Hall–Kier alpha value is -1.03. The van der Waals surface area contributed by atoms with Gasteiger partial charge in [-0.1, -0.05) is 47.5 Å². The molecular weight excluding hydrogens is 280 g/mol. The first-order chi connectivity index (χ1) is 8.24. The number of urea groups is 1. The Morgan fingerprint density at radius 1 is 1.24 bits per heavy atom. The predicted octanol–water partition coefficient (Wildman–Crippen LogP) is 3.09. The van der Waals surface area contributed by atoms with Crippen molar-refractivity contribution in [2.45, 2.75) is 26.2 Å². The van der Waals surface area contributed by atoms with E-state index in [9.17, 15) is 4.79 Å². The second-order valence-electron chi connectivity index (χ2n) is 3.88. The van der Waals surface area contributed by atoms with Crippen LogP contribution >= 0.6 is 15.9 Å². The summed E-state index contributed by atoms with van der Waals surface area (Å²) in [6.45, 7) is 3.50. The molecule has 0 fully saturated rings. The average Bonchev–Trinajstić information content (AvgIpc) is 2.32. The summed E-state index contributed by atoms with van der Waals surface area (Å²) < 4.78 is 1.09. The fourth-order valence-electron chi connectivity index (χ4n) is 1.45. The Kier molecular flexibility index (Phi) is 6.70. The van der Waals surface area contributed by atoms with Crippen molar-refractivity contribution >= 4 is 22.0 Å². The molecule has 1 aromatic rings. The number of halogens is 1. The largest absolute Gasteiger partial charge is 0.338 e. The van der Waals surface area contributed by atoms with Crippen molar-refractivity contribution in [2.75, 3.05) is 13.1 Å². The van der Waals surface area contributed by atoms with E-state index in [1.807, 2.05) is 18.2 Å². The summed E-state index contributed by atoms with van der Waals surface area (Å²) in [6.07, 6.45) is 2.96. The predicted molar refractivity (Wildman–Crippen MR) is 74.2 cm³/mol. The number of benzene rings is 1. The number of carbonyl (C=O) groups is 1. The monoisotopic (exact) mass is 298 g/mol. The quantitative estimate of drug-likeness (QED) is 0.779. The summed E-state index contributed by atoms with van der Waals surface area (Å²) in [5.41, 5.74) is 1.21. The van der Waals surface area contributed by atoms with Crippen LogP contribution in [0.4, 0.5) is 4.79 Å². The van der Waals surface area contributed by atoms with Gasteiger partial charge in [-0.25, -0.2) is 4.79 Å². The van der Waals surface area contributed by atoms with Crippen LogP contribution in [0.5, 0.6) is 0 Å². The summed E-state index contributed by atoms with van der Waals surface area (Å²) in [7, 11) is 0. The van der Waals surface area contributed by atoms with Crippen molar-refractivity contribution < 1.29 is 4.79 Å². The summed E-state index contributed by atoms with van der Waals surface area (Å²) in [6, 6.07) is 7.97. The van der Waals surface area contributed by atoms with E-state index in [4.69, 9.17) is 0 Å². The van der Waals surface area contributed by atoms with Crippen LogP contribution in [0.1, 0.15) is 25.3 Å². The van der Waals surface area contributed by atoms with Crippen LogP contribution in [0.2, 0.25) is 0 Å². The molecule has 0 bridgehead atoms. The van der Waals surface area contributed by atoms with E-state index < -0.39 is 0 Å². The number of carbonyl (C=O) groups excluding carboxylic acids is 1. The summed E-state index contributed by atoms with van der Waals surface area (Å²) in [4.78, 5) is 11.4. The first kappa shape index (κ1) is 14.0. The van der Waals surface area contributed by atoms with Gasteiger partial charge in [-0.3, -0.25) is 0 Å². The lowest BCUT2D eigenvalue weighted by molar-refractivity contribution is 0.241. The lowest BCUT2D eigenvalue weighted by atomic mass is 10.1. The molecule has 94 valence electrons. The van der Waals surface area contributed by atoms with Crippen LogP contribution < -0.4 is 10.6 Å². The highest BCUT2D eigenvalue weighted by molar-refractivity contribution is 9.10.